The molecule has 0 aliphatic carbocycles. The van der Waals surface area contributed by atoms with Crippen molar-refractivity contribution in [2.75, 3.05) is 40.0 Å². The molecule has 1 aromatic heterocycles. The first-order valence-corrected chi connectivity index (χ1v) is 12.2. The van der Waals surface area contributed by atoms with E-state index in [4.69, 9.17) is 14.6 Å². The third kappa shape index (κ3) is 6.05. The molecule has 0 bridgehead atoms. The number of sulfonamides is 2. The van der Waals surface area contributed by atoms with Crippen LogP contribution in [0.2, 0.25) is 0 Å². The summed E-state index contributed by atoms with van der Waals surface area (Å²) in [6, 6.07) is 1.31. The van der Waals surface area contributed by atoms with Gasteiger partial charge in [0.2, 0.25) is 10.0 Å². The highest BCUT2D eigenvalue weighted by atomic mass is 35.5. The van der Waals surface area contributed by atoms with Crippen LogP contribution in [0, 0.1) is 0 Å². The number of hydrogen-bond donors (Lipinski definition) is 2. The van der Waals surface area contributed by atoms with Crippen LogP contribution in [0.25, 0.3) is 5.70 Å². The fourth-order valence-corrected chi connectivity index (χ4v) is 6.46. The molecule has 0 spiro atoms. The summed E-state index contributed by atoms with van der Waals surface area (Å²) in [6.45, 7) is 4.12. The van der Waals surface area contributed by atoms with Gasteiger partial charge in [0.05, 0.1) is 18.9 Å². The number of fused-ring (bicyclic) bond motifs is 1. The van der Waals surface area contributed by atoms with Gasteiger partial charge >= 0.3 is 0 Å². The van der Waals surface area contributed by atoms with Crippen molar-refractivity contribution in [3.8, 4) is 0 Å². The van der Waals surface area contributed by atoms with Crippen LogP contribution in [0.3, 0.4) is 0 Å². The number of nitrogens with one attached hydrogen (secondary N) is 1. The normalized spacial score (nSPS) is 15.5. The number of halogens is 1. The van der Waals surface area contributed by atoms with E-state index in [-0.39, 0.29) is 27.4 Å². The molecule has 13 heteroatoms. The first-order chi connectivity index (χ1) is 12.7. The molecule has 1 aromatic rings. The predicted octanol–water partition coefficient (Wildman–Crippen LogP) is 1.17. The Morgan fingerprint density at radius 2 is 2.00 bits per heavy atom. The fraction of sp³-hybridized carbons (Fsp3) is 0.600. The van der Waals surface area contributed by atoms with Crippen LogP contribution < -0.4 is 10.5 Å². The zero-order chi connectivity index (χ0) is 20.1. The molecule has 0 saturated heterocycles. The van der Waals surface area contributed by atoms with E-state index in [1.807, 2.05) is 6.92 Å². The zero-order valence-electron chi connectivity index (χ0n) is 15.7. The molecular weight excluding hydrogens is 450 g/mol. The molecule has 0 fully saturated rings. The van der Waals surface area contributed by atoms with Gasteiger partial charge in [-0.15, -0.1) is 23.7 Å². The molecule has 3 N–H and O–H groups in total. The van der Waals surface area contributed by atoms with Gasteiger partial charge in [-0.05, 0) is 18.9 Å². The molecule has 2 heterocycles. The lowest BCUT2D eigenvalue weighted by Crippen LogP contribution is -2.33. The monoisotopic (exact) mass is 475 g/mol. The molecule has 28 heavy (non-hydrogen) atoms. The van der Waals surface area contributed by atoms with Crippen LogP contribution in [-0.2, 0) is 29.5 Å². The number of methoxy groups -OCH3 is 1. The Labute approximate surface area is 176 Å². The summed E-state index contributed by atoms with van der Waals surface area (Å²) in [7, 11) is -6.25. The Balaban J connectivity index is 0.00000392. The lowest BCUT2D eigenvalue weighted by atomic mass is 10.2. The molecule has 162 valence electrons. The molecule has 0 atom stereocenters. The van der Waals surface area contributed by atoms with Crippen molar-refractivity contribution in [1.29, 1.82) is 0 Å². The van der Waals surface area contributed by atoms with E-state index in [2.05, 4.69) is 5.32 Å². The van der Waals surface area contributed by atoms with Crippen molar-refractivity contribution < 1.29 is 26.3 Å². The second-order valence-corrected chi connectivity index (χ2v) is 10.8. The molecule has 0 aromatic carbocycles. The number of nitrogens with two attached hydrogens (primary N) is 1. The van der Waals surface area contributed by atoms with Gasteiger partial charge in [-0.2, -0.15) is 0 Å². The summed E-state index contributed by atoms with van der Waals surface area (Å²) in [4.78, 5) is 0. The Hall–Kier alpha value is -0.890. The molecule has 0 amide bonds. The van der Waals surface area contributed by atoms with E-state index in [1.54, 1.807) is 7.11 Å². The number of rotatable bonds is 11. The molecular formula is C15H26ClN3O6S3. The van der Waals surface area contributed by atoms with Crippen LogP contribution in [0.4, 0.5) is 0 Å². The van der Waals surface area contributed by atoms with E-state index in [9.17, 15) is 16.8 Å². The van der Waals surface area contributed by atoms with Crippen molar-refractivity contribution in [2.24, 2.45) is 5.14 Å². The highest BCUT2D eigenvalue weighted by Gasteiger charge is 2.35. The lowest BCUT2D eigenvalue weighted by molar-refractivity contribution is 0.0685. The van der Waals surface area contributed by atoms with Crippen molar-refractivity contribution in [3.63, 3.8) is 0 Å². The van der Waals surface area contributed by atoms with Gasteiger partial charge in [0.1, 0.15) is 4.21 Å². The van der Waals surface area contributed by atoms with Gasteiger partial charge < -0.3 is 14.8 Å². The Morgan fingerprint density at radius 1 is 1.29 bits per heavy atom. The molecule has 0 radical (unpaired) electrons. The minimum atomic E-state index is -3.99. The van der Waals surface area contributed by atoms with Gasteiger partial charge in [0, 0.05) is 38.6 Å². The van der Waals surface area contributed by atoms with Crippen LogP contribution in [0.1, 0.15) is 25.3 Å². The largest absolute Gasteiger partial charge is 0.383 e. The van der Waals surface area contributed by atoms with Crippen LogP contribution in [0.15, 0.2) is 20.7 Å². The third-order valence-corrected chi connectivity index (χ3v) is 8.55. The van der Waals surface area contributed by atoms with E-state index >= 15 is 0 Å². The van der Waals surface area contributed by atoms with E-state index in [0.29, 0.717) is 55.4 Å². The molecule has 2 rings (SSSR count). The lowest BCUT2D eigenvalue weighted by Gasteiger charge is -2.27. The summed E-state index contributed by atoms with van der Waals surface area (Å²) in [6.07, 6.45) is 2.82. The minimum Gasteiger partial charge on any atom is -0.383 e. The van der Waals surface area contributed by atoms with Crippen molar-refractivity contribution in [3.05, 3.63) is 17.8 Å². The topological polar surface area (TPSA) is 128 Å². The molecule has 0 unspecified atom stereocenters. The van der Waals surface area contributed by atoms with Crippen molar-refractivity contribution >= 4 is 49.5 Å². The van der Waals surface area contributed by atoms with Gasteiger partial charge in [-0.1, -0.05) is 6.92 Å². The standard InChI is InChI=1S/C15H25N3O6S3.ClH/c1-3-5-17-13-11-18(6-4-7-24-9-8-23-2)27(21,22)15-12(13)10-14(25-15)26(16,19)20;/h10-11,17H,3-9H2,1-2H3,(H2,16,19,20);1H. The van der Waals surface area contributed by atoms with Crippen LogP contribution in [-0.4, -0.2) is 61.2 Å². The van der Waals surface area contributed by atoms with E-state index in [1.165, 1.54) is 16.6 Å². The van der Waals surface area contributed by atoms with Gasteiger partial charge in [0.25, 0.3) is 10.0 Å². The second kappa shape index (κ2) is 10.8. The van der Waals surface area contributed by atoms with Crippen molar-refractivity contribution in [2.45, 2.75) is 28.2 Å². The Morgan fingerprint density at radius 3 is 2.61 bits per heavy atom. The molecule has 1 aliphatic heterocycles. The van der Waals surface area contributed by atoms with Crippen LogP contribution in [0.5, 0.6) is 0 Å². The summed E-state index contributed by atoms with van der Waals surface area (Å²) in [5.74, 6) is 0. The minimum absolute atomic E-state index is 0. The Kier molecular flexibility index (Phi) is 9.67. The average Bonchev–Trinajstić information content (AvgIpc) is 3.06. The van der Waals surface area contributed by atoms with E-state index in [0.717, 1.165) is 6.42 Å². The maximum atomic E-state index is 12.9. The maximum Gasteiger partial charge on any atom is 0.274 e. The molecule has 1 aliphatic rings. The second-order valence-electron chi connectivity index (χ2n) is 5.86. The first-order valence-electron chi connectivity index (χ1n) is 8.43. The van der Waals surface area contributed by atoms with Gasteiger partial charge in [0.15, 0.2) is 4.21 Å². The molecule has 0 saturated carbocycles. The summed E-state index contributed by atoms with van der Waals surface area (Å²) >= 11 is 0.669. The smallest absolute Gasteiger partial charge is 0.274 e. The predicted molar refractivity (Wildman–Crippen MR) is 110 cm³/mol. The third-order valence-electron chi connectivity index (χ3n) is 3.73. The first kappa shape index (κ1) is 25.1. The maximum absolute atomic E-state index is 12.9. The number of primary sulfonamides is 1. The quantitative estimate of drug-likeness (QED) is 0.459. The number of nitrogens with zero attached hydrogens (tertiary/aromatic N) is 1. The highest BCUT2D eigenvalue weighted by molar-refractivity contribution is 7.94. The van der Waals surface area contributed by atoms with Crippen LogP contribution >= 0.6 is 23.7 Å². The Bertz CT molecular complexity index is 883. The SMILES string of the molecule is CCCNC1=CN(CCCOCCOC)S(=O)(=O)c2sc(S(N)(=O)=O)cc21.Cl. The highest BCUT2D eigenvalue weighted by Crippen LogP contribution is 2.39. The summed E-state index contributed by atoms with van der Waals surface area (Å²) < 4.78 is 60.4. The number of thiophene rings is 1. The molecule has 9 nitrogen and oxygen atoms in total. The number of hydrogen-bond acceptors (Lipinski definition) is 8. The van der Waals surface area contributed by atoms with Gasteiger partial charge in [-0.25, -0.2) is 22.0 Å². The summed E-state index contributed by atoms with van der Waals surface area (Å²) in [5, 5.41) is 8.34. The van der Waals surface area contributed by atoms with Crippen molar-refractivity contribution in [1.82, 2.24) is 9.62 Å². The van der Waals surface area contributed by atoms with E-state index < -0.39 is 20.0 Å². The average molecular weight is 476 g/mol. The number of ether oxygens (including phenoxy) is 2. The summed E-state index contributed by atoms with van der Waals surface area (Å²) in [5.41, 5.74) is 0.901. The van der Waals surface area contributed by atoms with Gasteiger partial charge in [-0.3, -0.25) is 4.31 Å². The zero-order valence-corrected chi connectivity index (χ0v) is 19.0. The fourth-order valence-electron chi connectivity index (χ4n) is 2.41.